The topological polar surface area (TPSA) is 148 Å². The summed E-state index contributed by atoms with van der Waals surface area (Å²) in [5, 5.41) is 14.9. The van der Waals surface area contributed by atoms with Crippen LogP contribution in [-0.2, 0) is 16.4 Å². The van der Waals surface area contributed by atoms with Gasteiger partial charge in [0.25, 0.3) is 5.69 Å². The molecule has 4 aromatic rings. The molecule has 1 N–H and O–H groups in total. The number of hydrogen-bond acceptors (Lipinski definition) is 11. The third-order valence-corrected chi connectivity index (χ3v) is 8.79. The molecule has 0 aliphatic carbocycles. The molecule has 0 aliphatic heterocycles. The van der Waals surface area contributed by atoms with E-state index < -0.39 is 32.6 Å². The van der Waals surface area contributed by atoms with Gasteiger partial charge in [0.2, 0.25) is 5.95 Å². The molecule has 4 rings (SSSR count). The molecule has 0 aliphatic rings. The fourth-order valence-electron chi connectivity index (χ4n) is 4.58. The van der Waals surface area contributed by atoms with Crippen molar-refractivity contribution in [3.8, 4) is 22.8 Å². The highest BCUT2D eigenvalue weighted by atomic mass is 32.2. The number of fused-ring (bicyclic) bond motifs is 1. The third kappa shape index (κ3) is 6.77. The van der Waals surface area contributed by atoms with Crippen molar-refractivity contribution in [3.05, 3.63) is 58.4 Å². The third-order valence-electron chi connectivity index (χ3n) is 7.07. The van der Waals surface area contributed by atoms with Gasteiger partial charge in [-0.05, 0) is 26.2 Å². The molecule has 248 valence electrons. The van der Waals surface area contributed by atoms with E-state index in [9.17, 15) is 31.7 Å². The second-order valence-electron chi connectivity index (χ2n) is 10.6. The molecule has 0 saturated carbocycles. The number of nitro groups is 1. The fourth-order valence-corrected chi connectivity index (χ4v) is 5.57. The van der Waals surface area contributed by atoms with Crippen LogP contribution in [0.25, 0.3) is 22.2 Å². The van der Waals surface area contributed by atoms with Crippen molar-refractivity contribution in [1.82, 2.24) is 23.1 Å². The minimum atomic E-state index is -4.93. The predicted octanol–water partition coefficient (Wildman–Crippen LogP) is 4.44. The average molecular weight is 667 g/mol. The summed E-state index contributed by atoms with van der Waals surface area (Å²) >= 11 is 0. The van der Waals surface area contributed by atoms with Crippen LogP contribution in [0.5, 0.6) is 11.5 Å². The highest BCUT2D eigenvalue weighted by molar-refractivity contribution is 7.87. The molecule has 2 heterocycles. The SMILES string of the molecule is COc1ccc2c(-c3nc(Nc4cc([N+](=O)[O-])c(N(C)CCN(C)C)cc4OC)ncc3C(F)(F)F)cn(S(=O)(=O)N(C)C)c2c1. The minimum absolute atomic E-state index is 0.0204. The Hall–Kier alpha value is -4.68. The van der Waals surface area contributed by atoms with Crippen molar-refractivity contribution in [2.75, 3.05) is 72.8 Å². The second kappa shape index (κ2) is 13.0. The number of anilines is 3. The van der Waals surface area contributed by atoms with Crippen molar-refractivity contribution in [2.45, 2.75) is 6.18 Å². The summed E-state index contributed by atoms with van der Waals surface area (Å²) in [4.78, 5) is 23.1. The van der Waals surface area contributed by atoms with E-state index in [4.69, 9.17) is 9.47 Å². The molecule has 0 radical (unpaired) electrons. The van der Waals surface area contributed by atoms with Gasteiger partial charge in [0.1, 0.15) is 22.7 Å². The van der Waals surface area contributed by atoms with Crippen LogP contribution in [-0.4, -0.2) is 99.0 Å². The van der Waals surface area contributed by atoms with E-state index in [1.54, 1.807) is 11.9 Å². The van der Waals surface area contributed by atoms with Crippen LogP contribution >= 0.6 is 0 Å². The molecule has 0 saturated heterocycles. The molecule has 0 bridgehead atoms. The summed E-state index contributed by atoms with van der Waals surface area (Å²) in [5.41, 5.74) is -1.97. The van der Waals surface area contributed by atoms with Crippen molar-refractivity contribution < 1.29 is 36.0 Å². The summed E-state index contributed by atoms with van der Waals surface area (Å²) in [6, 6.07) is 6.91. The molecule has 18 heteroatoms. The van der Waals surface area contributed by atoms with Crippen LogP contribution in [0.4, 0.5) is 36.2 Å². The van der Waals surface area contributed by atoms with E-state index in [-0.39, 0.29) is 51.0 Å². The summed E-state index contributed by atoms with van der Waals surface area (Å²) in [6.45, 7) is 1.06. The Morgan fingerprint density at radius 3 is 2.30 bits per heavy atom. The first-order valence-corrected chi connectivity index (χ1v) is 14.9. The number of benzene rings is 2. The van der Waals surface area contributed by atoms with Gasteiger partial charge in [-0.3, -0.25) is 10.1 Å². The van der Waals surface area contributed by atoms with Crippen LogP contribution in [0.15, 0.2) is 42.7 Å². The maximum Gasteiger partial charge on any atom is 0.419 e. The van der Waals surface area contributed by atoms with E-state index in [1.807, 2.05) is 19.0 Å². The number of aromatic nitrogens is 3. The first-order chi connectivity index (χ1) is 21.5. The van der Waals surface area contributed by atoms with Crippen molar-refractivity contribution >= 4 is 44.1 Å². The molecule has 0 spiro atoms. The molecule has 46 heavy (non-hydrogen) atoms. The number of nitrogens with one attached hydrogen (secondary N) is 1. The molecule has 0 fully saturated rings. The highest BCUT2D eigenvalue weighted by Gasteiger charge is 2.37. The Balaban J connectivity index is 1.91. The van der Waals surface area contributed by atoms with Crippen molar-refractivity contribution in [1.29, 1.82) is 0 Å². The fraction of sp³-hybridized carbons (Fsp3) is 0.357. The maximum atomic E-state index is 14.3. The van der Waals surface area contributed by atoms with E-state index in [1.165, 1.54) is 58.6 Å². The van der Waals surface area contributed by atoms with Crippen LogP contribution < -0.4 is 19.7 Å². The minimum Gasteiger partial charge on any atom is -0.497 e. The van der Waals surface area contributed by atoms with Crippen molar-refractivity contribution in [2.24, 2.45) is 0 Å². The molecular formula is C28H33F3N8O6S. The van der Waals surface area contributed by atoms with Crippen LogP contribution in [0.2, 0.25) is 0 Å². The lowest BCUT2D eigenvalue weighted by Gasteiger charge is -2.23. The number of nitro benzene ring substituents is 1. The first-order valence-electron chi connectivity index (χ1n) is 13.6. The molecule has 0 amide bonds. The Labute approximate surface area is 263 Å². The van der Waals surface area contributed by atoms with E-state index in [2.05, 4.69) is 15.3 Å². The van der Waals surface area contributed by atoms with E-state index in [0.29, 0.717) is 19.3 Å². The molecule has 2 aromatic heterocycles. The number of alkyl halides is 3. The predicted molar refractivity (Wildman–Crippen MR) is 167 cm³/mol. The number of ether oxygens (including phenoxy) is 2. The van der Waals surface area contributed by atoms with Gasteiger partial charge in [-0.1, -0.05) is 0 Å². The molecule has 0 atom stereocenters. The normalized spacial score (nSPS) is 12.2. The van der Waals surface area contributed by atoms with Crippen LogP contribution in [0.3, 0.4) is 0 Å². The number of halogens is 3. The van der Waals surface area contributed by atoms with Gasteiger partial charge in [-0.2, -0.15) is 25.9 Å². The molecule has 14 nitrogen and oxygen atoms in total. The summed E-state index contributed by atoms with van der Waals surface area (Å²) in [5.74, 6) is 0.0650. The van der Waals surface area contributed by atoms with Gasteiger partial charge in [0.05, 0.1) is 36.0 Å². The van der Waals surface area contributed by atoms with Gasteiger partial charge >= 0.3 is 16.4 Å². The number of likely N-dealkylation sites (N-methyl/N-ethyl adjacent to an activating group) is 2. The zero-order valence-electron chi connectivity index (χ0n) is 26.1. The highest BCUT2D eigenvalue weighted by Crippen LogP contribution is 2.42. The van der Waals surface area contributed by atoms with Gasteiger partial charge in [-0.15, -0.1) is 0 Å². The second-order valence-corrected chi connectivity index (χ2v) is 12.6. The van der Waals surface area contributed by atoms with Crippen LogP contribution in [0.1, 0.15) is 5.56 Å². The zero-order valence-corrected chi connectivity index (χ0v) is 26.9. The van der Waals surface area contributed by atoms with Gasteiger partial charge in [-0.25, -0.2) is 13.9 Å². The summed E-state index contributed by atoms with van der Waals surface area (Å²) < 4.78 is 81.8. The summed E-state index contributed by atoms with van der Waals surface area (Å²) in [7, 11) is 6.49. The van der Waals surface area contributed by atoms with E-state index >= 15 is 0 Å². The lowest BCUT2D eigenvalue weighted by atomic mass is 10.1. The van der Waals surface area contributed by atoms with Gasteiger partial charge in [0.15, 0.2) is 0 Å². The molecule has 2 aromatic carbocycles. The Morgan fingerprint density at radius 2 is 1.74 bits per heavy atom. The van der Waals surface area contributed by atoms with Gasteiger partial charge < -0.3 is 24.6 Å². The first kappa shape index (κ1) is 34.2. The standard InChI is InChI=1S/C28H33F3N8O6S/c1-35(2)10-11-37(5)23-14-25(45-7)21(13-24(23)39(40)41)33-27-32-15-20(28(29,30)31)26(34-27)19-16-38(46(42,43)36(3)4)22-12-17(44-6)8-9-18(19)22/h8-9,12-16H,10-11H2,1-7H3,(H,32,33,34). The lowest BCUT2D eigenvalue weighted by molar-refractivity contribution is -0.384. The largest absolute Gasteiger partial charge is 0.497 e. The zero-order chi connectivity index (χ0) is 34.1. The monoisotopic (exact) mass is 666 g/mol. The maximum absolute atomic E-state index is 14.3. The molecule has 0 unspecified atom stereocenters. The average Bonchev–Trinajstić information content (AvgIpc) is 3.38. The Morgan fingerprint density at radius 1 is 1.04 bits per heavy atom. The number of methoxy groups -OCH3 is 2. The quantitative estimate of drug-likeness (QED) is 0.169. The number of nitrogens with zero attached hydrogens (tertiary/aromatic N) is 7. The van der Waals surface area contributed by atoms with E-state index in [0.717, 1.165) is 14.5 Å². The summed E-state index contributed by atoms with van der Waals surface area (Å²) in [6.07, 6.45) is -3.32. The Kier molecular flexibility index (Phi) is 9.64. The van der Waals surface area contributed by atoms with Gasteiger partial charge in [0, 0.05) is 75.8 Å². The van der Waals surface area contributed by atoms with Crippen LogP contribution in [0, 0.1) is 10.1 Å². The van der Waals surface area contributed by atoms with Crippen molar-refractivity contribution in [3.63, 3.8) is 0 Å². The lowest BCUT2D eigenvalue weighted by Crippen LogP contribution is -2.29. The Bertz CT molecular complexity index is 1880. The molecular weight excluding hydrogens is 633 g/mol. The number of hydrogen-bond donors (Lipinski definition) is 1. The smallest absolute Gasteiger partial charge is 0.419 e. The number of rotatable bonds is 12.